The standard InChI is InChI=1S/C17H17N3O4S.C16H17N3O4S/c1-9-7-24-8-12(9)14-13(6-18)25-17(19-14)20-15(21)10-3-2-4-11(5-10)16(22)23;1-9-7-23-8-10(9)13-11(6-17)24-15(18-13)19-14(22)16(2,3)5-4-12(20)21/h7-8,10-11H,2-5H2,1H3,(H,22,23)(H,19,20,21);7-8H,4-5H2,1-3H3,(H,20,21)(H,18,19,22). The Hall–Kier alpha value is -5.32. The second-order valence-electron chi connectivity index (χ2n) is 12.2. The predicted molar refractivity (Wildman–Crippen MR) is 180 cm³/mol. The summed E-state index contributed by atoms with van der Waals surface area (Å²) in [7, 11) is 0. The fourth-order valence-corrected chi connectivity index (χ4v) is 6.68. The van der Waals surface area contributed by atoms with Gasteiger partial charge in [0.2, 0.25) is 11.8 Å². The molecule has 2 atom stereocenters. The van der Waals surface area contributed by atoms with Crippen molar-refractivity contribution in [2.75, 3.05) is 10.6 Å². The van der Waals surface area contributed by atoms with Gasteiger partial charge in [0.25, 0.3) is 0 Å². The number of carbonyl (C=O) groups excluding carboxylic acids is 2. The lowest BCUT2D eigenvalue weighted by atomic mass is 9.81. The van der Waals surface area contributed by atoms with E-state index < -0.39 is 23.3 Å². The number of aliphatic carboxylic acids is 2. The van der Waals surface area contributed by atoms with Crippen LogP contribution in [-0.2, 0) is 19.2 Å². The molecule has 0 spiro atoms. The zero-order valence-corrected chi connectivity index (χ0v) is 28.8. The van der Waals surface area contributed by atoms with Crippen molar-refractivity contribution in [2.24, 2.45) is 17.3 Å². The highest BCUT2D eigenvalue weighted by Gasteiger charge is 2.32. The Balaban J connectivity index is 0.000000221. The lowest BCUT2D eigenvalue weighted by Crippen LogP contribution is -2.31. The van der Waals surface area contributed by atoms with Crippen LogP contribution in [0.5, 0.6) is 0 Å². The van der Waals surface area contributed by atoms with Gasteiger partial charge in [-0.3, -0.25) is 19.2 Å². The lowest BCUT2D eigenvalue weighted by molar-refractivity contribution is -0.144. The van der Waals surface area contributed by atoms with Crippen LogP contribution in [0.2, 0.25) is 0 Å². The first-order chi connectivity index (χ1) is 23.2. The third-order valence-corrected chi connectivity index (χ3v) is 9.85. The number of rotatable bonds is 10. The van der Waals surface area contributed by atoms with Crippen molar-refractivity contribution in [3.8, 4) is 34.7 Å². The molecule has 4 aromatic heterocycles. The lowest BCUT2D eigenvalue weighted by Gasteiger charge is -2.25. The number of nitrogens with one attached hydrogen (secondary N) is 2. The number of hydrogen-bond donors (Lipinski definition) is 4. The first kappa shape index (κ1) is 36.5. The van der Waals surface area contributed by atoms with Crippen LogP contribution in [0.3, 0.4) is 0 Å². The van der Waals surface area contributed by atoms with E-state index in [-0.39, 0.29) is 30.6 Å². The number of amides is 2. The van der Waals surface area contributed by atoms with Gasteiger partial charge in [-0.25, -0.2) is 9.97 Å². The molecule has 0 bridgehead atoms. The van der Waals surface area contributed by atoms with Crippen LogP contribution in [-0.4, -0.2) is 43.9 Å². The number of aryl methyl sites for hydroxylation is 2. The Morgan fingerprint density at radius 3 is 1.84 bits per heavy atom. The molecule has 4 aromatic rings. The third kappa shape index (κ3) is 8.98. The summed E-state index contributed by atoms with van der Waals surface area (Å²) in [4.78, 5) is 56.1. The molecule has 1 aliphatic carbocycles. The van der Waals surface area contributed by atoms with Crippen molar-refractivity contribution in [3.63, 3.8) is 0 Å². The number of furan rings is 2. The first-order valence-electron chi connectivity index (χ1n) is 15.2. The SMILES string of the molecule is Cc1cocc1-c1nc(NC(=O)C(C)(C)CCC(=O)O)sc1C#N.Cc1cocc1-c1nc(NC(=O)C2CCCC(C(=O)O)C2)sc1C#N. The van der Waals surface area contributed by atoms with E-state index in [1.807, 2.05) is 13.8 Å². The molecule has 49 heavy (non-hydrogen) atoms. The highest BCUT2D eigenvalue weighted by Crippen LogP contribution is 2.36. The molecule has 0 aromatic carbocycles. The summed E-state index contributed by atoms with van der Waals surface area (Å²) in [6.07, 6.45) is 8.60. The average Bonchev–Trinajstić information content (AvgIpc) is 3.87. The number of nitriles is 2. The number of carbonyl (C=O) groups is 4. The minimum atomic E-state index is -0.949. The number of hydrogen-bond acceptors (Lipinski definition) is 12. The molecule has 5 rings (SSSR count). The van der Waals surface area contributed by atoms with Gasteiger partial charge in [0.05, 0.1) is 31.0 Å². The van der Waals surface area contributed by atoms with E-state index in [0.29, 0.717) is 56.2 Å². The Labute approximate surface area is 289 Å². The van der Waals surface area contributed by atoms with Gasteiger partial charge in [0, 0.05) is 28.9 Å². The number of carboxylic acid groups (broad SMARTS) is 2. The molecule has 2 amide bonds. The molecule has 4 N–H and O–H groups in total. The zero-order chi connectivity index (χ0) is 35.9. The van der Waals surface area contributed by atoms with E-state index in [0.717, 1.165) is 45.8 Å². The van der Waals surface area contributed by atoms with Crippen LogP contribution in [0.15, 0.2) is 33.9 Å². The summed E-state index contributed by atoms with van der Waals surface area (Å²) in [5.41, 5.74) is 3.22. The highest BCUT2D eigenvalue weighted by molar-refractivity contribution is 7.17. The van der Waals surface area contributed by atoms with E-state index in [4.69, 9.17) is 19.0 Å². The second-order valence-corrected chi connectivity index (χ2v) is 14.2. The molecule has 1 fully saturated rings. The van der Waals surface area contributed by atoms with Crippen LogP contribution in [0.25, 0.3) is 22.5 Å². The summed E-state index contributed by atoms with van der Waals surface area (Å²) in [5.74, 6) is -3.19. The van der Waals surface area contributed by atoms with Crippen molar-refractivity contribution in [1.82, 2.24) is 9.97 Å². The van der Waals surface area contributed by atoms with Crippen LogP contribution in [0, 0.1) is 53.8 Å². The Kier molecular flexibility index (Phi) is 11.7. The Bertz CT molecular complexity index is 1940. The Morgan fingerprint density at radius 1 is 0.878 bits per heavy atom. The second kappa shape index (κ2) is 15.7. The maximum absolute atomic E-state index is 12.5. The monoisotopic (exact) mass is 706 g/mol. The summed E-state index contributed by atoms with van der Waals surface area (Å²) in [5, 5.41) is 42.6. The van der Waals surface area contributed by atoms with Crippen LogP contribution in [0.4, 0.5) is 10.3 Å². The number of nitrogens with zero attached hydrogens (tertiary/aromatic N) is 4. The smallest absolute Gasteiger partial charge is 0.306 e. The van der Waals surface area contributed by atoms with Gasteiger partial charge in [-0.2, -0.15) is 10.5 Å². The third-order valence-electron chi connectivity index (χ3n) is 8.10. The van der Waals surface area contributed by atoms with Crippen LogP contribution >= 0.6 is 22.7 Å². The number of aromatic nitrogens is 2. The average molecular weight is 707 g/mol. The van der Waals surface area contributed by atoms with Gasteiger partial charge in [-0.05, 0) is 50.7 Å². The minimum absolute atomic E-state index is 0.0960. The number of thiazole rings is 2. The quantitative estimate of drug-likeness (QED) is 0.133. The molecule has 0 radical (unpaired) electrons. The van der Waals surface area contributed by atoms with Crippen molar-refractivity contribution < 1.29 is 38.2 Å². The number of carboxylic acids is 2. The molecule has 0 aliphatic heterocycles. The molecule has 16 heteroatoms. The van der Waals surface area contributed by atoms with Gasteiger partial charge in [-0.1, -0.05) is 42.9 Å². The minimum Gasteiger partial charge on any atom is -0.481 e. The molecule has 0 saturated heterocycles. The zero-order valence-electron chi connectivity index (χ0n) is 27.2. The normalized spacial score (nSPS) is 15.6. The van der Waals surface area contributed by atoms with Gasteiger partial charge in [0.15, 0.2) is 10.3 Å². The summed E-state index contributed by atoms with van der Waals surface area (Å²) < 4.78 is 10.2. The topological polar surface area (TPSA) is 232 Å². The predicted octanol–water partition coefficient (Wildman–Crippen LogP) is 6.83. The van der Waals surface area contributed by atoms with Crippen LogP contribution < -0.4 is 10.6 Å². The molecule has 2 unspecified atom stereocenters. The van der Waals surface area contributed by atoms with Gasteiger partial charge < -0.3 is 29.7 Å². The highest BCUT2D eigenvalue weighted by atomic mass is 32.1. The fraction of sp³-hybridized carbons (Fsp3) is 0.394. The van der Waals surface area contributed by atoms with Crippen molar-refractivity contribution in [1.29, 1.82) is 10.5 Å². The van der Waals surface area contributed by atoms with Gasteiger partial charge in [-0.15, -0.1) is 0 Å². The maximum Gasteiger partial charge on any atom is 0.306 e. The van der Waals surface area contributed by atoms with Gasteiger partial charge in [0.1, 0.15) is 33.3 Å². The molecule has 14 nitrogen and oxygen atoms in total. The molecule has 1 saturated carbocycles. The number of anilines is 2. The molecular weight excluding hydrogens is 673 g/mol. The van der Waals surface area contributed by atoms with E-state index in [1.165, 1.54) is 12.5 Å². The summed E-state index contributed by atoms with van der Waals surface area (Å²) in [6, 6.07) is 4.16. The van der Waals surface area contributed by atoms with Crippen molar-refractivity contribution in [3.05, 3.63) is 45.9 Å². The van der Waals surface area contributed by atoms with Crippen molar-refractivity contribution in [2.45, 2.75) is 66.2 Å². The van der Waals surface area contributed by atoms with Crippen LogP contribution in [0.1, 0.15) is 73.3 Å². The molecular formula is C33H34N6O8S2. The molecule has 1 aliphatic rings. The maximum atomic E-state index is 12.5. The van der Waals surface area contributed by atoms with E-state index >= 15 is 0 Å². The molecule has 4 heterocycles. The molecule has 256 valence electrons. The summed E-state index contributed by atoms with van der Waals surface area (Å²) in [6.45, 7) is 7.04. The largest absolute Gasteiger partial charge is 0.481 e. The Morgan fingerprint density at radius 2 is 1.39 bits per heavy atom. The summed E-state index contributed by atoms with van der Waals surface area (Å²) >= 11 is 2.18. The van der Waals surface area contributed by atoms with Gasteiger partial charge >= 0.3 is 11.9 Å². The van der Waals surface area contributed by atoms with E-state index in [1.54, 1.807) is 26.4 Å². The van der Waals surface area contributed by atoms with E-state index in [9.17, 15) is 29.7 Å². The van der Waals surface area contributed by atoms with Crippen molar-refractivity contribution >= 4 is 56.7 Å². The first-order valence-corrected chi connectivity index (χ1v) is 16.8. The fourth-order valence-electron chi connectivity index (χ4n) is 5.13. The van der Waals surface area contributed by atoms with E-state index in [2.05, 4.69) is 32.7 Å².